The number of benzene rings is 3. The van der Waals surface area contributed by atoms with Gasteiger partial charge < -0.3 is 19.5 Å². The van der Waals surface area contributed by atoms with Crippen LogP contribution in [0.3, 0.4) is 0 Å². The summed E-state index contributed by atoms with van der Waals surface area (Å²) in [6, 6.07) is 18.4. The molecular formula is C26H30N2O6S. The predicted molar refractivity (Wildman–Crippen MR) is 135 cm³/mol. The van der Waals surface area contributed by atoms with Crippen LogP contribution in [0.2, 0.25) is 0 Å². The minimum absolute atomic E-state index is 0.0234. The number of ether oxygens (including phenoxy) is 3. The van der Waals surface area contributed by atoms with Gasteiger partial charge in [0.1, 0.15) is 30.4 Å². The third-order valence-electron chi connectivity index (χ3n) is 5.53. The summed E-state index contributed by atoms with van der Waals surface area (Å²) < 4.78 is 44.4. The minimum Gasteiger partial charge on any atom is -0.497 e. The van der Waals surface area contributed by atoms with E-state index in [1.807, 2.05) is 32.0 Å². The van der Waals surface area contributed by atoms with Crippen LogP contribution < -0.4 is 23.8 Å². The van der Waals surface area contributed by atoms with E-state index in [0.29, 0.717) is 11.5 Å². The number of aryl methyl sites for hydroxylation is 1. The smallest absolute Gasteiger partial charge is 0.264 e. The fourth-order valence-electron chi connectivity index (χ4n) is 3.43. The number of anilines is 1. The molecule has 3 aromatic rings. The van der Waals surface area contributed by atoms with E-state index in [9.17, 15) is 13.2 Å². The lowest BCUT2D eigenvalue weighted by molar-refractivity contribution is -0.119. The SMILES string of the molecule is COc1ccc(S(=O)(=O)N(CC(=O)NCCOc2cccc(C)c2C)c2ccccc2OC)cc1. The number of nitrogens with zero attached hydrogens (tertiary/aromatic N) is 1. The number of hydrogen-bond donors (Lipinski definition) is 1. The number of para-hydroxylation sites is 2. The van der Waals surface area contributed by atoms with Crippen LogP contribution in [0.15, 0.2) is 71.6 Å². The standard InChI is InChI=1S/C26H30N2O6S/c1-19-8-7-11-24(20(19)2)34-17-16-27-26(29)18-28(23-9-5-6-10-25(23)33-4)35(30,31)22-14-12-21(32-3)13-15-22/h5-15H,16-18H2,1-4H3,(H,27,29). The van der Waals surface area contributed by atoms with Gasteiger partial charge in [0.25, 0.3) is 10.0 Å². The summed E-state index contributed by atoms with van der Waals surface area (Å²) in [5, 5.41) is 2.74. The second-order valence-corrected chi connectivity index (χ2v) is 9.62. The zero-order valence-corrected chi connectivity index (χ0v) is 21.1. The van der Waals surface area contributed by atoms with Gasteiger partial charge >= 0.3 is 0 Å². The summed E-state index contributed by atoms with van der Waals surface area (Å²) in [6.07, 6.45) is 0. The maximum absolute atomic E-state index is 13.5. The van der Waals surface area contributed by atoms with Gasteiger partial charge in [0.05, 0.1) is 31.3 Å². The van der Waals surface area contributed by atoms with Crippen LogP contribution >= 0.6 is 0 Å². The average Bonchev–Trinajstić information content (AvgIpc) is 2.87. The molecule has 0 spiro atoms. The Balaban J connectivity index is 1.76. The summed E-state index contributed by atoms with van der Waals surface area (Å²) in [6.45, 7) is 4.00. The largest absolute Gasteiger partial charge is 0.497 e. The molecule has 0 aliphatic carbocycles. The molecule has 3 rings (SSSR count). The molecule has 0 radical (unpaired) electrons. The first-order valence-electron chi connectivity index (χ1n) is 11.0. The second-order valence-electron chi connectivity index (χ2n) is 7.76. The van der Waals surface area contributed by atoms with Gasteiger partial charge in [0, 0.05) is 0 Å². The summed E-state index contributed by atoms with van der Waals surface area (Å²) >= 11 is 0. The normalized spacial score (nSPS) is 11.0. The molecule has 0 unspecified atom stereocenters. The minimum atomic E-state index is -4.09. The van der Waals surface area contributed by atoms with Crippen molar-refractivity contribution in [3.05, 3.63) is 77.9 Å². The number of carbonyl (C=O) groups is 1. The Morgan fingerprint density at radius 3 is 2.26 bits per heavy atom. The van der Waals surface area contributed by atoms with Gasteiger partial charge in [-0.2, -0.15) is 0 Å². The predicted octanol–water partition coefficient (Wildman–Crippen LogP) is 3.71. The van der Waals surface area contributed by atoms with E-state index in [2.05, 4.69) is 5.32 Å². The molecule has 0 bridgehead atoms. The van der Waals surface area contributed by atoms with Crippen molar-refractivity contribution in [3.63, 3.8) is 0 Å². The molecule has 0 saturated carbocycles. The van der Waals surface area contributed by atoms with Crippen LogP contribution in [0.25, 0.3) is 0 Å². The van der Waals surface area contributed by atoms with Gasteiger partial charge in [-0.3, -0.25) is 9.10 Å². The molecule has 0 aliphatic rings. The van der Waals surface area contributed by atoms with Crippen LogP contribution in [0, 0.1) is 13.8 Å². The fourth-order valence-corrected chi connectivity index (χ4v) is 4.86. The zero-order valence-electron chi connectivity index (χ0n) is 20.3. The third kappa shape index (κ3) is 6.24. The molecular weight excluding hydrogens is 468 g/mol. The van der Waals surface area contributed by atoms with E-state index in [1.54, 1.807) is 36.4 Å². The van der Waals surface area contributed by atoms with Crippen LogP contribution in [-0.2, 0) is 14.8 Å². The maximum Gasteiger partial charge on any atom is 0.264 e. The Labute approximate surface area is 206 Å². The molecule has 0 saturated heterocycles. The van der Waals surface area contributed by atoms with Gasteiger partial charge in [-0.05, 0) is 67.4 Å². The Bertz CT molecular complexity index is 1260. The number of rotatable bonds is 11. The highest BCUT2D eigenvalue weighted by molar-refractivity contribution is 7.92. The molecule has 35 heavy (non-hydrogen) atoms. The highest BCUT2D eigenvalue weighted by Gasteiger charge is 2.29. The molecule has 0 atom stereocenters. The number of hydrogen-bond acceptors (Lipinski definition) is 6. The van der Waals surface area contributed by atoms with Gasteiger partial charge in [0.2, 0.25) is 5.91 Å². The van der Waals surface area contributed by atoms with Crippen molar-refractivity contribution in [3.8, 4) is 17.2 Å². The van der Waals surface area contributed by atoms with Gasteiger partial charge in [-0.25, -0.2) is 8.42 Å². The van der Waals surface area contributed by atoms with E-state index in [1.165, 1.54) is 26.4 Å². The first kappa shape index (κ1) is 25.9. The molecule has 0 heterocycles. The summed E-state index contributed by atoms with van der Waals surface area (Å²) in [7, 11) is -1.14. The maximum atomic E-state index is 13.5. The van der Waals surface area contributed by atoms with E-state index < -0.39 is 22.5 Å². The fraction of sp³-hybridized carbons (Fsp3) is 0.269. The molecule has 9 heteroatoms. The quantitative estimate of drug-likeness (QED) is 0.405. The number of sulfonamides is 1. The van der Waals surface area contributed by atoms with E-state index in [-0.39, 0.29) is 23.7 Å². The van der Waals surface area contributed by atoms with E-state index in [4.69, 9.17) is 14.2 Å². The van der Waals surface area contributed by atoms with Crippen LogP contribution in [0.4, 0.5) is 5.69 Å². The second kappa shape index (κ2) is 11.6. The highest BCUT2D eigenvalue weighted by Crippen LogP contribution is 2.32. The lowest BCUT2D eigenvalue weighted by atomic mass is 10.1. The molecule has 1 amide bonds. The van der Waals surface area contributed by atoms with Gasteiger partial charge in [-0.1, -0.05) is 24.3 Å². The monoisotopic (exact) mass is 498 g/mol. The van der Waals surface area contributed by atoms with Gasteiger partial charge in [0.15, 0.2) is 0 Å². The Morgan fingerprint density at radius 1 is 0.886 bits per heavy atom. The molecule has 0 aliphatic heterocycles. The number of amides is 1. The molecule has 1 N–H and O–H groups in total. The Hall–Kier alpha value is -3.72. The summed E-state index contributed by atoms with van der Waals surface area (Å²) in [5.74, 6) is 1.12. The molecule has 0 aromatic heterocycles. The van der Waals surface area contributed by atoms with E-state index >= 15 is 0 Å². The third-order valence-corrected chi connectivity index (χ3v) is 7.30. The lowest BCUT2D eigenvalue weighted by Gasteiger charge is -2.25. The first-order valence-corrected chi connectivity index (χ1v) is 12.5. The number of carbonyl (C=O) groups excluding carboxylic acids is 1. The van der Waals surface area contributed by atoms with Crippen molar-refractivity contribution in [1.82, 2.24) is 5.32 Å². The molecule has 186 valence electrons. The lowest BCUT2D eigenvalue weighted by Crippen LogP contribution is -2.42. The number of methoxy groups -OCH3 is 2. The Morgan fingerprint density at radius 2 is 1.57 bits per heavy atom. The molecule has 8 nitrogen and oxygen atoms in total. The van der Waals surface area contributed by atoms with Crippen LogP contribution in [0.5, 0.6) is 17.2 Å². The zero-order chi connectivity index (χ0) is 25.4. The van der Waals surface area contributed by atoms with Crippen molar-refractivity contribution in [1.29, 1.82) is 0 Å². The van der Waals surface area contributed by atoms with Crippen molar-refractivity contribution in [2.45, 2.75) is 18.7 Å². The van der Waals surface area contributed by atoms with Gasteiger partial charge in [-0.15, -0.1) is 0 Å². The van der Waals surface area contributed by atoms with Crippen LogP contribution in [0.1, 0.15) is 11.1 Å². The van der Waals surface area contributed by atoms with Crippen molar-refractivity contribution < 1.29 is 27.4 Å². The van der Waals surface area contributed by atoms with Crippen molar-refractivity contribution in [2.24, 2.45) is 0 Å². The molecule has 3 aromatic carbocycles. The Kier molecular flexibility index (Phi) is 8.59. The van der Waals surface area contributed by atoms with Crippen molar-refractivity contribution >= 4 is 21.6 Å². The molecule has 0 fully saturated rings. The number of nitrogens with one attached hydrogen (secondary N) is 1. The van der Waals surface area contributed by atoms with Crippen LogP contribution in [-0.4, -0.2) is 48.2 Å². The topological polar surface area (TPSA) is 94.2 Å². The summed E-state index contributed by atoms with van der Waals surface area (Å²) in [4.78, 5) is 12.8. The highest BCUT2D eigenvalue weighted by atomic mass is 32.2. The summed E-state index contributed by atoms with van der Waals surface area (Å²) in [5.41, 5.74) is 2.40. The van der Waals surface area contributed by atoms with Crippen molar-refractivity contribution in [2.75, 3.05) is 38.2 Å². The average molecular weight is 499 g/mol. The van der Waals surface area contributed by atoms with E-state index in [0.717, 1.165) is 21.2 Å². The first-order chi connectivity index (χ1) is 16.8.